The average Bonchev–Trinajstić information content (AvgIpc) is 2.47. The van der Waals surface area contributed by atoms with E-state index < -0.39 is 5.60 Å². The molecule has 0 aliphatic rings. The summed E-state index contributed by atoms with van der Waals surface area (Å²) in [7, 11) is 5.85. The van der Waals surface area contributed by atoms with Crippen molar-refractivity contribution in [1.82, 2.24) is 20.0 Å². The summed E-state index contributed by atoms with van der Waals surface area (Å²) in [5.74, 6) is 0. The fraction of sp³-hybridized carbons (Fsp3) is 0.750. The van der Waals surface area contributed by atoms with E-state index in [1.807, 2.05) is 50.8 Å². The molecule has 0 aliphatic carbocycles. The number of likely N-dealkylation sites (N-methyl/N-ethyl adjacent to an activating group) is 1. The molecule has 0 amide bonds. The smallest absolute Gasteiger partial charge is 0.0869 e. The molecule has 17 heavy (non-hydrogen) atoms. The molecule has 0 saturated heterocycles. The van der Waals surface area contributed by atoms with Gasteiger partial charge in [0.2, 0.25) is 0 Å². The largest absolute Gasteiger partial charge is 0.388 e. The molecular weight excluding hydrogens is 216 g/mol. The van der Waals surface area contributed by atoms with Crippen molar-refractivity contribution in [3.63, 3.8) is 0 Å². The van der Waals surface area contributed by atoms with Crippen LogP contribution in [0.5, 0.6) is 0 Å². The third kappa shape index (κ3) is 4.46. The predicted molar refractivity (Wildman–Crippen MR) is 68.8 cm³/mol. The highest BCUT2D eigenvalue weighted by Gasteiger charge is 2.20. The molecule has 2 N–H and O–H groups in total. The van der Waals surface area contributed by atoms with Crippen LogP contribution in [-0.2, 0) is 13.6 Å². The van der Waals surface area contributed by atoms with E-state index >= 15 is 0 Å². The summed E-state index contributed by atoms with van der Waals surface area (Å²) in [4.78, 5) is 1.98. The lowest BCUT2D eigenvalue weighted by Gasteiger charge is -2.27. The lowest BCUT2D eigenvalue weighted by molar-refractivity contribution is 0.0336. The van der Waals surface area contributed by atoms with Crippen LogP contribution in [-0.4, -0.2) is 52.6 Å². The number of hydrogen-bond donors (Lipinski definition) is 2. The maximum absolute atomic E-state index is 10.1. The first-order chi connectivity index (χ1) is 7.82. The second-order valence-corrected chi connectivity index (χ2v) is 5.22. The third-order valence-electron chi connectivity index (χ3n) is 2.82. The van der Waals surface area contributed by atoms with Crippen LogP contribution in [0.2, 0.25) is 0 Å². The average molecular weight is 240 g/mol. The number of aliphatic hydroxyl groups is 1. The summed E-state index contributed by atoms with van der Waals surface area (Å²) in [6.07, 6.45) is 1.86. The summed E-state index contributed by atoms with van der Waals surface area (Å²) in [5, 5.41) is 17.6. The minimum atomic E-state index is -0.709. The highest BCUT2D eigenvalue weighted by Crippen LogP contribution is 2.07. The quantitative estimate of drug-likeness (QED) is 0.742. The number of nitrogens with zero attached hydrogens (tertiary/aromatic N) is 3. The molecule has 0 saturated carbocycles. The van der Waals surface area contributed by atoms with Crippen molar-refractivity contribution in [3.05, 3.63) is 17.5 Å². The molecule has 0 radical (unpaired) electrons. The lowest BCUT2D eigenvalue weighted by Crippen LogP contribution is -2.45. The van der Waals surface area contributed by atoms with Gasteiger partial charge in [0.25, 0.3) is 0 Å². The van der Waals surface area contributed by atoms with E-state index in [4.69, 9.17) is 0 Å². The summed E-state index contributed by atoms with van der Waals surface area (Å²) < 4.78 is 1.86. The Hall–Kier alpha value is -0.910. The number of aromatic nitrogens is 2. The predicted octanol–water partition coefficient (Wildman–Crippen LogP) is 0.131. The fourth-order valence-corrected chi connectivity index (χ4v) is 1.92. The maximum Gasteiger partial charge on any atom is 0.0869 e. The number of hydrogen-bond acceptors (Lipinski definition) is 4. The van der Waals surface area contributed by atoms with E-state index in [0.717, 1.165) is 12.2 Å². The first-order valence-corrected chi connectivity index (χ1v) is 5.87. The van der Waals surface area contributed by atoms with Crippen LogP contribution in [0, 0.1) is 6.92 Å². The molecule has 0 spiro atoms. The van der Waals surface area contributed by atoms with Crippen molar-refractivity contribution in [1.29, 1.82) is 0 Å². The second kappa shape index (κ2) is 5.62. The van der Waals surface area contributed by atoms with Gasteiger partial charge in [0.1, 0.15) is 0 Å². The van der Waals surface area contributed by atoms with Crippen molar-refractivity contribution >= 4 is 0 Å². The van der Waals surface area contributed by atoms with Gasteiger partial charge < -0.3 is 15.3 Å². The van der Waals surface area contributed by atoms with Gasteiger partial charge in [0, 0.05) is 37.9 Å². The molecule has 0 bridgehead atoms. The van der Waals surface area contributed by atoms with Crippen LogP contribution in [0.3, 0.4) is 0 Å². The lowest BCUT2D eigenvalue weighted by atomic mass is 10.1. The zero-order valence-electron chi connectivity index (χ0n) is 11.5. The van der Waals surface area contributed by atoms with Crippen LogP contribution in [0.4, 0.5) is 0 Å². The summed E-state index contributed by atoms with van der Waals surface area (Å²) >= 11 is 0. The van der Waals surface area contributed by atoms with Crippen molar-refractivity contribution < 1.29 is 5.11 Å². The molecule has 1 heterocycles. The summed E-state index contributed by atoms with van der Waals surface area (Å²) in [6.45, 7) is 5.84. The fourth-order valence-electron chi connectivity index (χ4n) is 1.92. The SMILES string of the molecule is Cc1c(CNCC(C)(O)CN(C)C)cnn1C. The van der Waals surface area contributed by atoms with E-state index in [1.165, 1.54) is 5.56 Å². The van der Waals surface area contributed by atoms with E-state index in [2.05, 4.69) is 10.4 Å². The monoisotopic (exact) mass is 240 g/mol. The standard InChI is InChI=1S/C12H24N4O/c1-10-11(7-14-16(10)5)6-13-8-12(2,17)9-15(3)4/h7,13,17H,6,8-9H2,1-5H3. The van der Waals surface area contributed by atoms with Gasteiger partial charge in [-0.1, -0.05) is 0 Å². The zero-order valence-corrected chi connectivity index (χ0v) is 11.5. The van der Waals surface area contributed by atoms with Gasteiger partial charge in [-0.15, -0.1) is 0 Å². The Labute approximate surface area is 103 Å². The first-order valence-electron chi connectivity index (χ1n) is 5.87. The second-order valence-electron chi connectivity index (χ2n) is 5.22. The Kier molecular flexibility index (Phi) is 4.68. The van der Waals surface area contributed by atoms with Crippen LogP contribution < -0.4 is 5.32 Å². The van der Waals surface area contributed by atoms with Gasteiger partial charge in [-0.25, -0.2) is 0 Å². The van der Waals surface area contributed by atoms with Crippen LogP contribution in [0.1, 0.15) is 18.2 Å². The third-order valence-corrected chi connectivity index (χ3v) is 2.82. The van der Waals surface area contributed by atoms with Gasteiger partial charge in [0.05, 0.1) is 11.8 Å². The van der Waals surface area contributed by atoms with Gasteiger partial charge in [-0.2, -0.15) is 5.10 Å². The number of rotatable bonds is 6. The molecule has 0 aromatic carbocycles. The van der Waals surface area contributed by atoms with Crippen molar-refractivity contribution in [2.24, 2.45) is 7.05 Å². The van der Waals surface area contributed by atoms with Gasteiger partial charge >= 0.3 is 0 Å². The minimum absolute atomic E-state index is 0.569. The summed E-state index contributed by atoms with van der Waals surface area (Å²) in [6, 6.07) is 0. The summed E-state index contributed by atoms with van der Waals surface area (Å²) in [5.41, 5.74) is 1.62. The van der Waals surface area contributed by atoms with Gasteiger partial charge in [-0.05, 0) is 27.9 Å². The molecule has 5 heteroatoms. The van der Waals surface area contributed by atoms with Gasteiger partial charge in [-0.3, -0.25) is 4.68 Å². The minimum Gasteiger partial charge on any atom is -0.388 e. The van der Waals surface area contributed by atoms with E-state index in [9.17, 15) is 5.11 Å². The molecule has 1 aromatic rings. The molecule has 98 valence electrons. The Morgan fingerprint density at radius 1 is 1.53 bits per heavy atom. The highest BCUT2D eigenvalue weighted by molar-refractivity contribution is 5.15. The molecule has 0 aliphatic heterocycles. The number of nitrogens with one attached hydrogen (secondary N) is 1. The highest BCUT2D eigenvalue weighted by atomic mass is 16.3. The Balaban J connectivity index is 2.40. The van der Waals surface area contributed by atoms with Crippen LogP contribution >= 0.6 is 0 Å². The van der Waals surface area contributed by atoms with E-state index in [0.29, 0.717) is 13.1 Å². The molecule has 1 unspecified atom stereocenters. The van der Waals surface area contributed by atoms with E-state index in [-0.39, 0.29) is 0 Å². The van der Waals surface area contributed by atoms with Crippen LogP contribution in [0.15, 0.2) is 6.20 Å². The maximum atomic E-state index is 10.1. The van der Waals surface area contributed by atoms with E-state index in [1.54, 1.807) is 0 Å². The Morgan fingerprint density at radius 3 is 2.65 bits per heavy atom. The molecule has 0 fully saturated rings. The Morgan fingerprint density at radius 2 is 2.18 bits per heavy atom. The molecule has 1 aromatic heterocycles. The molecule has 1 rings (SSSR count). The molecule has 1 atom stereocenters. The number of aryl methyl sites for hydroxylation is 1. The molecule has 5 nitrogen and oxygen atoms in total. The van der Waals surface area contributed by atoms with Crippen molar-refractivity contribution in [2.45, 2.75) is 26.0 Å². The topological polar surface area (TPSA) is 53.3 Å². The van der Waals surface area contributed by atoms with Crippen LogP contribution in [0.25, 0.3) is 0 Å². The van der Waals surface area contributed by atoms with Crippen molar-refractivity contribution in [3.8, 4) is 0 Å². The van der Waals surface area contributed by atoms with Crippen molar-refractivity contribution in [2.75, 3.05) is 27.2 Å². The first kappa shape index (κ1) is 14.2. The van der Waals surface area contributed by atoms with Gasteiger partial charge in [0.15, 0.2) is 0 Å². The molecular formula is C12H24N4O. The Bertz CT molecular complexity index is 357. The normalized spacial score (nSPS) is 15.2. The zero-order chi connectivity index (χ0) is 13.1.